The van der Waals surface area contributed by atoms with Gasteiger partial charge in [-0.25, -0.2) is 0 Å². The Morgan fingerprint density at radius 2 is 2.36 bits per heavy atom. The van der Waals surface area contributed by atoms with Gasteiger partial charge in [0.2, 0.25) is 0 Å². The zero-order valence-corrected chi connectivity index (χ0v) is 6.45. The number of nitriles is 1. The Morgan fingerprint density at radius 3 is 3.09 bits per heavy atom. The maximum absolute atomic E-state index is 9.78. The lowest BCUT2D eigenvalue weighted by Crippen LogP contribution is -2.45. The third-order valence-corrected chi connectivity index (χ3v) is 2.95. The Bertz CT molecular complexity index is 211. The highest BCUT2D eigenvalue weighted by Crippen LogP contribution is 2.34. The number of nitrogens with zero attached hydrogens (tertiary/aromatic N) is 2. The highest BCUT2D eigenvalue weighted by Gasteiger charge is 2.44. The first kappa shape index (κ1) is 7.08. The fraction of sp³-hybridized carbons (Fsp3) is 0.875. The molecule has 3 unspecified atom stereocenters. The molecule has 0 aromatic rings. The second-order valence-electron chi connectivity index (χ2n) is 3.57. The number of fused-ring (bicyclic) bond motifs is 2. The van der Waals surface area contributed by atoms with E-state index in [0.29, 0.717) is 6.42 Å². The fourth-order valence-corrected chi connectivity index (χ4v) is 2.11. The standard InChI is InChI=1S/C8H12N2O/c9-6-8(11)2-4-10-3-1-7(8)5-10/h7,11H,1-5H2. The number of hydrogen-bond donors (Lipinski definition) is 1. The van der Waals surface area contributed by atoms with Crippen LogP contribution in [0.2, 0.25) is 0 Å². The van der Waals surface area contributed by atoms with E-state index in [1.54, 1.807) is 0 Å². The minimum absolute atomic E-state index is 0.209. The summed E-state index contributed by atoms with van der Waals surface area (Å²) in [6.45, 7) is 2.87. The molecule has 0 aliphatic carbocycles. The van der Waals surface area contributed by atoms with Gasteiger partial charge in [-0.05, 0) is 13.0 Å². The van der Waals surface area contributed by atoms with Crippen molar-refractivity contribution in [2.75, 3.05) is 19.6 Å². The van der Waals surface area contributed by atoms with Crippen LogP contribution in [0.1, 0.15) is 12.8 Å². The first-order chi connectivity index (χ1) is 5.24. The summed E-state index contributed by atoms with van der Waals surface area (Å²) in [6.07, 6.45) is 1.62. The summed E-state index contributed by atoms with van der Waals surface area (Å²) in [6, 6.07) is 2.04. The van der Waals surface area contributed by atoms with E-state index in [1.165, 1.54) is 0 Å². The molecule has 3 heteroatoms. The van der Waals surface area contributed by atoms with E-state index in [-0.39, 0.29) is 5.92 Å². The third kappa shape index (κ3) is 0.943. The zero-order valence-electron chi connectivity index (χ0n) is 6.45. The molecule has 0 radical (unpaired) electrons. The molecule has 0 aromatic carbocycles. The van der Waals surface area contributed by atoms with E-state index >= 15 is 0 Å². The Balaban J connectivity index is 2.20. The average Bonchev–Trinajstić information content (AvgIpc) is 2.44. The zero-order chi connectivity index (χ0) is 7.90. The van der Waals surface area contributed by atoms with Gasteiger partial charge in [0.05, 0.1) is 6.07 Å². The smallest absolute Gasteiger partial charge is 0.156 e. The minimum atomic E-state index is -1.01. The van der Waals surface area contributed by atoms with E-state index in [1.807, 2.05) is 6.07 Å². The molecule has 2 bridgehead atoms. The predicted octanol–water partition coefficient (Wildman–Crippen LogP) is -0.0333. The van der Waals surface area contributed by atoms with Crippen molar-refractivity contribution >= 4 is 0 Å². The van der Waals surface area contributed by atoms with Crippen LogP contribution >= 0.6 is 0 Å². The maximum atomic E-state index is 9.78. The van der Waals surface area contributed by atoms with Gasteiger partial charge in [-0.2, -0.15) is 5.26 Å². The summed E-state index contributed by atoms with van der Waals surface area (Å²) in [4.78, 5) is 2.32. The molecule has 2 fully saturated rings. The van der Waals surface area contributed by atoms with Gasteiger partial charge >= 0.3 is 0 Å². The highest BCUT2D eigenvalue weighted by atomic mass is 16.3. The van der Waals surface area contributed by atoms with Crippen LogP contribution in [-0.2, 0) is 0 Å². The molecular weight excluding hydrogens is 140 g/mol. The molecule has 3 nitrogen and oxygen atoms in total. The highest BCUT2D eigenvalue weighted by molar-refractivity contribution is 5.10. The van der Waals surface area contributed by atoms with Gasteiger partial charge in [-0.3, -0.25) is 0 Å². The lowest BCUT2D eigenvalue weighted by Gasteiger charge is -2.32. The van der Waals surface area contributed by atoms with Crippen LogP contribution in [0.4, 0.5) is 0 Å². The van der Waals surface area contributed by atoms with Crippen LogP contribution < -0.4 is 0 Å². The lowest BCUT2D eigenvalue weighted by molar-refractivity contribution is 0.00497. The number of piperidine rings is 1. The quantitative estimate of drug-likeness (QED) is 0.496. The van der Waals surface area contributed by atoms with Gasteiger partial charge in [0, 0.05) is 25.4 Å². The molecule has 2 rings (SSSR count). The summed E-state index contributed by atoms with van der Waals surface area (Å²) < 4.78 is 0. The Kier molecular flexibility index (Phi) is 1.41. The van der Waals surface area contributed by atoms with Crippen molar-refractivity contribution in [2.24, 2.45) is 5.92 Å². The first-order valence-corrected chi connectivity index (χ1v) is 4.10. The van der Waals surface area contributed by atoms with Crippen LogP contribution in [0.15, 0.2) is 0 Å². The topological polar surface area (TPSA) is 47.3 Å². The molecule has 0 amide bonds. The van der Waals surface area contributed by atoms with Gasteiger partial charge in [-0.1, -0.05) is 0 Å². The summed E-state index contributed by atoms with van der Waals surface area (Å²) >= 11 is 0. The average molecular weight is 152 g/mol. The monoisotopic (exact) mass is 152 g/mol. The SMILES string of the molecule is N#CC1(O)CCN2CCC1C2. The molecule has 3 atom stereocenters. The Hall–Kier alpha value is -0.590. The van der Waals surface area contributed by atoms with Crippen molar-refractivity contribution in [2.45, 2.75) is 18.4 Å². The largest absolute Gasteiger partial charge is 0.375 e. The summed E-state index contributed by atoms with van der Waals surface area (Å²) in [5.41, 5.74) is -1.01. The fourth-order valence-electron chi connectivity index (χ4n) is 2.11. The molecule has 2 aliphatic heterocycles. The van der Waals surface area contributed by atoms with Crippen molar-refractivity contribution in [3.05, 3.63) is 0 Å². The van der Waals surface area contributed by atoms with Crippen molar-refractivity contribution in [1.29, 1.82) is 5.26 Å². The molecule has 11 heavy (non-hydrogen) atoms. The molecule has 2 saturated heterocycles. The normalized spacial score (nSPS) is 48.7. The molecule has 60 valence electrons. The van der Waals surface area contributed by atoms with Crippen molar-refractivity contribution < 1.29 is 5.11 Å². The second-order valence-corrected chi connectivity index (χ2v) is 3.57. The summed E-state index contributed by atoms with van der Waals surface area (Å²) in [7, 11) is 0. The third-order valence-electron chi connectivity index (χ3n) is 2.95. The molecular formula is C8H12N2O. The molecule has 2 heterocycles. The van der Waals surface area contributed by atoms with Gasteiger partial charge in [-0.15, -0.1) is 0 Å². The minimum Gasteiger partial charge on any atom is -0.375 e. The Morgan fingerprint density at radius 1 is 1.55 bits per heavy atom. The molecule has 0 aromatic heterocycles. The number of hydrogen-bond acceptors (Lipinski definition) is 3. The molecule has 0 saturated carbocycles. The van der Waals surface area contributed by atoms with Gasteiger partial charge < -0.3 is 10.0 Å². The van der Waals surface area contributed by atoms with Crippen molar-refractivity contribution in [3.8, 4) is 6.07 Å². The predicted molar refractivity (Wildman–Crippen MR) is 39.7 cm³/mol. The van der Waals surface area contributed by atoms with Crippen molar-refractivity contribution in [3.63, 3.8) is 0 Å². The van der Waals surface area contributed by atoms with Gasteiger partial charge in [0.25, 0.3) is 0 Å². The summed E-state index contributed by atoms with van der Waals surface area (Å²) in [5.74, 6) is 0.209. The summed E-state index contributed by atoms with van der Waals surface area (Å²) in [5, 5.41) is 18.5. The van der Waals surface area contributed by atoms with Crippen molar-refractivity contribution in [1.82, 2.24) is 4.90 Å². The van der Waals surface area contributed by atoms with Crippen LogP contribution in [-0.4, -0.2) is 35.2 Å². The second kappa shape index (κ2) is 2.20. The van der Waals surface area contributed by atoms with Gasteiger partial charge in [0.15, 0.2) is 5.60 Å². The molecule has 1 N–H and O–H groups in total. The van der Waals surface area contributed by atoms with Crippen LogP contribution in [0.5, 0.6) is 0 Å². The van der Waals surface area contributed by atoms with E-state index in [4.69, 9.17) is 5.26 Å². The molecule has 2 aliphatic rings. The van der Waals surface area contributed by atoms with Crippen LogP contribution in [0.25, 0.3) is 0 Å². The van der Waals surface area contributed by atoms with Crippen LogP contribution in [0.3, 0.4) is 0 Å². The lowest BCUT2D eigenvalue weighted by atomic mass is 9.84. The molecule has 0 spiro atoms. The van der Waals surface area contributed by atoms with Crippen LogP contribution in [0, 0.1) is 17.2 Å². The van der Waals surface area contributed by atoms with E-state index in [2.05, 4.69) is 4.90 Å². The van der Waals surface area contributed by atoms with E-state index in [0.717, 1.165) is 26.1 Å². The number of aliphatic hydroxyl groups is 1. The maximum Gasteiger partial charge on any atom is 0.156 e. The Labute approximate surface area is 66.2 Å². The van der Waals surface area contributed by atoms with E-state index in [9.17, 15) is 5.11 Å². The van der Waals surface area contributed by atoms with E-state index < -0.39 is 5.60 Å². The van der Waals surface area contributed by atoms with Gasteiger partial charge in [0.1, 0.15) is 0 Å². The first-order valence-electron chi connectivity index (χ1n) is 4.10. The number of rotatable bonds is 0.